The first-order valence-electron chi connectivity index (χ1n) is 12.2. The van der Waals surface area contributed by atoms with Crippen molar-refractivity contribution in [2.75, 3.05) is 11.9 Å². The molecule has 0 aromatic carbocycles. The molecule has 4 aliphatic carbocycles. The molecule has 7 atom stereocenters. The highest BCUT2D eigenvalue weighted by molar-refractivity contribution is 6.01. The molecule has 4 aliphatic rings. The Hall–Kier alpha value is -2.91. The Morgan fingerprint density at radius 3 is 2.80 bits per heavy atom. The molecule has 5 rings (SSSR count). The van der Waals surface area contributed by atoms with E-state index in [9.17, 15) is 24.6 Å². The van der Waals surface area contributed by atoms with Crippen LogP contribution in [0.2, 0.25) is 0 Å². The summed E-state index contributed by atoms with van der Waals surface area (Å²) in [4.78, 5) is 45.1. The lowest BCUT2D eigenvalue weighted by Gasteiger charge is -2.59. The molecule has 1 aromatic heterocycles. The number of ether oxygens (including phenoxy) is 1. The molecule has 0 spiro atoms. The smallest absolute Gasteiger partial charge is 0.413 e. The summed E-state index contributed by atoms with van der Waals surface area (Å²) in [6.45, 7) is 3.39. The topological polar surface area (TPSA) is 139 Å². The van der Waals surface area contributed by atoms with E-state index in [1.54, 1.807) is 12.2 Å². The minimum Gasteiger partial charge on any atom is -0.441 e. The summed E-state index contributed by atoms with van der Waals surface area (Å²) in [6.07, 6.45) is 10.6. The van der Waals surface area contributed by atoms with Crippen molar-refractivity contribution in [1.29, 1.82) is 0 Å². The molecule has 9 heteroatoms. The van der Waals surface area contributed by atoms with Crippen LogP contribution >= 0.6 is 0 Å². The van der Waals surface area contributed by atoms with Gasteiger partial charge in [0.25, 0.3) is 0 Å². The lowest BCUT2D eigenvalue weighted by Crippen LogP contribution is -2.61. The van der Waals surface area contributed by atoms with Gasteiger partial charge in [0.15, 0.2) is 18.2 Å². The largest absolute Gasteiger partial charge is 0.441 e. The number of aliphatic hydroxyl groups is 2. The van der Waals surface area contributed by atoms with Gasteiger partial charge in [-0.2, -0.15) is 0 Å². The van der Waals surface area contributed by atoms with Crippen LogP contribution < -0.4 is 5.32 Å². The third-order valence-corrected chi connectivity index (χ3v) is 9.24. The molecule has 1 heterocycles. The average Bonchev–Trinajstić information content (AvgIpc) is 3.09. The van der Waals surface area contributed by atoms with Crippen LogP contribution in [0.3, 0.4) is 0 Å². The van der Waals surface area contributed by atoms with E-state index >= 15 is 0 Å². The Bertz CT molecular complexity index is 1120. The summed E-state index contributed by atoms with van der Waals surface area (Å²) in [7, 11) is 0. The third kappa shape index (κ3) is 3.63. The van der Waals surface area contributed by atoms with E-state index in [0.717, 1.165) is 18.4 Å². The fourth-order valence-corrected chi connectivity index (χ4v) is 7.54. The maximum atomic E-state index is 13.3. The summed E-state index contributed by atoms with van der Waals surface area (Å²) in [6, 6.07) is 0. The first-order valence-corrected chi connectivity index (χ1v) is 12.2. The maximum absolute atomic E-state index is 13.3. The fraction of sp³-hybridized carbons (Fsp3) is 0.577. The molecule has 5 unspecified atom stereocenters. The number of amides is 1. The van der Waals surface area contributed by atoms with Crippen LogP contribution in [0.1, 0.15) is 46.0 Å². The van der Waals surface area contributed by atoms with E-state index in [1.165, 1.54) is 18.6 Å². The van der Waals surface area contributed by atoms with Crippen LogP contribution in [0.5, 0.6) is 0 Å². The van der Waals surface area contributed by atoms with Crippen LogP contribution in [0.15, 0.2) is 42.4 Å². The monoisotopic (exact) mass is 481 g/mol. The minimum absolute atomic E-state index is 0.0183. The second-order valence-electron chi connectivity index (χ2n) is 10.8. The summed E-state index contributed by atoms with van der Waals surface area (Å²) < 4.78 is 5.10. The molecule has 0 aliphatic heterocycles. The predicted octanol–water partition coefficient (Wildman–Crippen LogP) is 2.60. The number of anilines is 1. The standard InChI is InChI=1S/C26H31N3O6/c1-24-7-5-16(30)11-15(24)3-4-17-18-6-8-26(34,25(18,2)12-19(31)22(17)24)20(32)14-35-23(33)29-21-13-27-9-10-28-21/h5,7,9-11,13,17-19,22,31,34H,3-4,6,8,12,14H2,1-2H3,(H,28,29,33)/t17?,18?,19-,22?,24?,25?,26-/m0/s1. The Balaban J connectivity index is 1.33. The van der Waals surface area contributed by atoms with Crippen molar-refractivity contribution >= 4 is 23.5 Å². The molecule has 1 aromatic rings. The van der Waals surface area contributed by atoms with Crippen LogP contribution in [0.4, 0.5) is 10.6 Å². The number of aromatic nitrogens is 2. The number of ketones is 2. The number of rotatable bonds is 4. The Kier molecular flexibility index (Phi) is 5.68. The summed E-state index contributed by atoms with van der Waals surface area (Å²) >= 11 is 0. The molecule has 186 valence electrons. The van der Waals surface area contributed by atoms with E-state index in [1.807, 2.05) is 13.0 Å². The minimum atomic E-state index is -1.70. The van der Waals surface area contributed by atoms with E-state index in [2.05, 4.69) is 22.2 Å². The molecule has 9 nitrogen and oxygen atoms in total. The van der Waals surface area contributed by atoms with Crippen molar-refractivity contribution in [3.63, 3.8) is 0 Å². The van der Waals surface area contributed by atoms with E-state index in [0.29, 0.717) is 6.42 Å². The normalized spacial score (nSPS) is 39.7. The Labute approximate surface area is 203 Å². The van der Waals surface area contributed by atoms with E-state index in [4.69, 9.17) is 4.74 Å². The highest BCUT2D eigenvalue weighted by atomic mass is 16.6. The highest BCUT2D eigenvalue weighted by Crippen LogP contribution is 2.67. The van der Waals surface area contributed by atoms with E-state index in [-0.39, 0.29) is 42.2 Å². The molecule has 3 N–H and O–H groups in total. The Morgan fingerprint density at radius 1 is 1.26 bits per heavy atom. The van der Waals surface area contributed by atoms with Gasteiger partial charge < -0.3 is 14.9 Å². The fourth-order valence-electron chi connectivity index (χ4n) is 7.54. The number of nitrogens with zero attached hydrogens (tertiary/aromatic N) is 2. The van der Waals surface area contributed by atoms with Crippen molar-refractivity contribution < 1.29 is 29.3 Å². The van der Waals surface area contributed by atoms with Gasteiger partial charge in [-0.3, -0.25) is 19.9 Å². The number of hydrogen-bond acceptors (Lipinski definition) is 8. The number of hydrogen-bond donors (Lipinski definition) is 3. The number of Topliss-reactive ketones (excluding diaryl/α,β-unsaturated/α-hetero) is 1. The van der Waals surface area contributed by atoms with Gasteiger partial charge in [-0.05, 0) is 56.1 Å². The summed E-state index contributed by atoms with van der Waals surface area (Å²) in [5.74, 6) is -0.343. The highest BCUT2D eigenvalue weighted by Gasteiger charge is 2.68. The van der Waals surface area contributed by atoms with Gasteiger partial charge in [0.05, 0.1) is 12.3 Å². The summed E-state index contributed by atoms with van der Waals surface area (Å²) in [5.41, 5.74) is -1.91. The first kappa shape index (κ1) is 23.8. The molecule has 35 heavy (non-hydrogen) atoms. The zero-order valence-electron chi connectivity index (χ0n) is 19.9. The van der Waals surface area contributed by atoms with Gasteiger partial charge in [0.1, 0.15) is 5.60 Å². The number of nitrogens with one attached hydrogen (secondary N) is 1. The number of carbonyl (C=O) groups is 3. The lowest BCUT2D eigenvalue weighted by molar-refractivity contribution is -0.178. The van der Waals surface area contributed by atoms with Crippen LogP contribution in [-0.2, 0) is 14.3 Å². The second kappa shape index (κ2) is 8.34. The van der Waals surface area contributed by atoms with Crippen molar-refractivity contribution in [2.24, 2.45) is 28.6 Å². The number of aliphatic hydroxyl groups excluding tert-OH is 1. The van der Waals surface area contributed by atoms with Gasteiger partial charge in [0.2, 0.25) is 5.78 Å². The van der Waals surface area contributed by atoms with E-state index < -0.39 is 41.0 Å². The third-order valence-electron chi connectivity index (χ3n) is 9.24. The number of allylic oxidation sites excluding steroid dienone is 4. The van der Waals surface area contributed by atoms with Gasteiger partial charge in [-0.15, -0.1) is 0 Å². The molecule has 3 fully saturated rings. The lowest BCUT2D eigenvalue weighted by atomic mass is 9.46. The molecular weight excluding hydrogens is 450 g/mol. The first-order chi connectivity index (χ1) is 16.6. The van der Waals surface area contributed by atoms with Crippen molar-refractivity contribution in [3.8, 4) is 0 Å². The Morgan fingerprint density at radius 2 is 2.06 bits per heavy atom. The van der Waals surface area contributed by atoms with Crippen LogP contribution in [-0.4, -0.2) is 56.2 Å². The molecule has 0 radical (unpaired) electrons. The molecule has 1 amide bonds. The van der Waals surface area contributed by atoms with Gasteiger partial charge in [-0.1, -0.05) is 25.5 Å². The van der Waals surface area contributed by atoms with Crippen molar-refractivity contribution in [1.82, 2.24) is 9.97 Å². The SMILES string of the molecule is CC12C=CC(=O)C=C1CCC1C2[C@@H](O)CC2(C)C1CC[C@]2(O)C(=O)COC(=O)Nc1cnccn1. The zero-order valence-corrected chi connectivity index (χ0v) is 19.9. The molecule has 0 saturated heterocycles. The molecular formula is C26H31N3O6. The second-order valence-corrected chi connectivity index (χ2v) is 10.8. The number of carbonyl (C=O) groups excluding carboxylic acids is 3. The molecule has 3 saturated carbocycles. The van der Waals surface area contributed by atoms with Gasteiger partial charge in [-0.25, -0.2) is 9.78 Å². The van der Waals surface area contributed by atoms with Gasteiger partial charge >= 0.3 is 6.09 Å². The maximum Gasteiger partial charge on any atom is 0.413 e. The van der Waals surface area contributed by atoms with Crippen LogP contribution in [0.25, 0.3) is 0 Å². The number of fused-ring (bicyclic) bond motifs is 5. The summed E-state index contributed by atoms with van der Waals surface area (Å²) in [5, 5.41) is 25.5. The zero-order chi connectivity index (χ0) is 25.0. The predicted molar refractivity (Wildman–Crippen MR) is 125 cm³/mol. The van der Waals surface area contributed by atoms with Crippen molar-refractivity contribution in [2.45, 2.75) is 57.7 Å². The molecule has 0 bridgehead atoms. The average molecular weight is 482 g/mol. The quantitative estimate of drug-likeness (QED) is 0.596. The van der Waals surface area contributed by atoms with Crippen LogP contribution in [0, 0.1) is 28.6 Å². The van der Waals surface area contributed by atoms with Crippen molar-refractivity contribution in [3.05, 3.63) is 42.4 Å². The van der Waals surface area contributed by atoms with Gasteiger partial charge in [0, 0.05) is 29.1 Å².